The fourth-order valence-corrected chi connectivity index (χ4v) is 3.49. The zero-order valence-electron chi connectivity index (χ0n) is 16.2. The van der Waals surface area contributed by atoms with E-state index in [2.05, 4.69) is 5.32 Å². The van der Waals surface area contributed by atoms with Crippen molar-refractivity contribution in [2.24, 2.45) is 11.7 Å². The highest BCUT2D eigenvalue weighted by molar-refractivity contribution is 5.85. The maximum Gasteiger partial charge on any atom is 0.224 e. The third kappa shape index (κ3) is 6.06. The smallest absolute Gasteiger partial charge is 0.224 e. The number of rotatable bonds is 8. The lowest BCUT2D eigenvalue weighted by Gasteiger charge is -2.37. The Morgan fingerprint density at radius 3 is 2.58 bits per heavy atom. The minimum Gasteiger partial charge on any atom is -0.490 e. The molecule has 1 fully saturated rings. The van der Waals surface area contributed by atoms with E-state index in [9.17, 15) is 4.79 Å². The summed E-state index contributed by atoms with van der Waals surface area (Å²) < 4.78 is 11.2. The first-order chi connectivity index (χ1) is 12.0. The number of hydrogen-bond acceptors (Lipinski definition) is 4. The van der Waals surface area contributed by atoms with Crippen molar-refractivity contribution in [2.75, 3.05) is 19.8 Å². The third-order valence-corrected chi connectivity index (χ3v) is 4.89. The highest BCUT2D eigenvalue weighted by atomic mass is 35.5. The maximum atomic E-state index is 12.5. The van der Waals surface area contributed by atoms with Crippen molar-refractivity contribution in [3.8, 4) is 11.5 Å². The Balaban J connectivity index is 0.00000338. The molecule has 0 aliphatic heterocycles. The van der Waals surface area contributed by atoms with E-state index in [0.29, 0.717) is 19.8 Å². The van der Waals surface area contributed by atoms with Gasteiger partial charge in [-0.1, -0.05) is 18.9 Å². The van der Waals surface area contributed by atoms with Crippen molar-refractivity contribution >= 4 is 18.3 Å². The molecule has 1 amide bonds. The Hall–Kier alpha value is -1.46. The predicted molar refractivity (Wildman–Crippen MR) is 107 cm³/mol. The van der Waals surface area contributed by atoms with E-state index in [1.54, 1.807) is 0 Å². The SMILES string of the molecule is CCOc1ccc(CCNC(=O)C2CCCCC2(C)N)cc1OCC.Cl. The number of halogens is 1. The monoisotopic (exact) mass is 384 g/mol. The van der Waals surface area contributed by atoms with E-state index < -0.39 is 0 Å². The van der Waals surface area contributed by atoms with Crippen molar-refractivity contribution in [1.82, 2.24) is 5.32 Å². The highest BCUT2D eigenvalue weighted by Crippen LogP contribution is 2.32. The van der Waals surface area contributed by atoms with E-state index in [4.69, 9.17) is 15.2 Å². The van der Waals surface area contributed by atoms with E-state index in [1.165, 1.54) is 0 Å². The van der Waals surface area contributed by atoms with Gasteiger partial charge in [-0.25, -0.2) is 0 Å². The normalized spacial score (nSPS) is 22.2. The number of carbonyl (C=O) groups excluding carboxylic acids is 1. The molecule has 1 saturated carbocycles. The summed E-state index contributed by atoms with van der Waals surface area (Å²) in [6.07, 6.45) is 4.76. The predicted octanol–water partition coefficient (Wildman–Crippen LogP) is 3.47. The van der Waals surface area contributed by atoms with Crippen LogP contribution in [0.1, 0.15) is 52.0 Å². The molecule has 6 heteroatoms. The number of nitrogens with one attached hydrogen (secondary N) is 1. The zero-order chi connectivity index (χ0) is 18.3. The summed E-state index contributed by atoms with van der Waals surface area (Å²) in [4.78, 5) is 12.5. The minimum atomic E-state index is -0.385. The van der Waals surface area contributed by atoms with Crippen LogP contribution in [-0.4, -0.2) is 31.2 Å². The molecule has 26 heavy (non-hydrogen) atoms. The fourth-order valence-electron chi connectivity index (χ4n) is 3.49. The lowest BCUT2D eigenvalue weighted by Crippen LogP contribution is -2.53. The van der Waals surface area contributed by atoms with Gasteiger partial charge in [-0.2, -0.15) is 0 Å². The lowest BCUT2D eigenvalue weighted by atomic mass is 9.74. The molecule has 0 bridgehead atoms. The molecule has 5 nitrogen and oxygen atoms in total. The van der Waals surface area contributed by atoms with Gasteiger partial charge in [0.2, 0.25) is 5.91 Å². The van der Waals surface area contributed by atoms with Gasteiger partial charge in [0, 0.05) is 12.1 Å². The van der Waals surface area contributed by atoms with Gasteiger partial charge in [-0.05, 0) is 57.7 Å². The topological polar surface area (TPSA) is 73.6 Å². The van der Waals surface area contributed by atoms with E-state index >= 15 is 0 Å². The van der Waals surface area contributed by atoms with Gasteiger partial charge in [0.25, 0.3) is 0 Å². The summed E-state index contributed by atoms with van der Waals surface area (Å²) >= 11 is 0. The van der Waals surface area contributed by atoms with Gasteiger partial charge in [0.15, 0.2) is 11.5 Å². The molecule has 2 atom stereocenters. The van der Waals surface area contributed by atoms with Gasteiger partial charge in [-0.3, -0.25) is 4.79 Å². The van der Waals surface area contributed by atoms with Gasteiger partial charge in [-0.15, -0.1) is 12.4 Å². The Morgan fingerprint density at radius 1 is 1.23 bits per heavy atom. The van der Waals surface area contributed by atoms with Crippen LogP contribution in [0.3, 0.4) is 0 Å². The number of ether oxygens (including phenoxy) is 2. The number of benzene rings is 1. The molecule has 3 N–H and O–H groups in total. The van der Waals surface area contributed by atoms with E-state index in [1.807, 2.05) is 39.0 Å². The summed E-state index contributed by atoms with van der Waals surface area (Å²) in [6, 6.07) is 5.95. The number of amides is 1. The van der Waals surface area contributed by atoms with Crippen LogP contribution in [0.4, 0.5) is 0 Å². The summed E-state index contributed by atoms with van der Waals surface area (Å²) in [5.41, 5.74) is 7.04. The molecule has 0 radical (unpaired) electrons. The molecule has 0 aromatic heterocycles. The second-order valence-corrected chi connectivity index (χ2v) is 6.99. The summed E-state index contributed by atoms with van der Waals surface area (Å²) in [7, 11) is 0. The van der Waals surface area contributed by atoms with Crippen LogP contribution in [-0.2, 0) is 11.2 Å². The summed E-state index contributed by atoms with van der Waals surface area (Å²) in [5.74, 6) is 1.52. The molecule has 0 spiro atoms. The zero-order valence-corrected chi connectivity index (χ0v) is 17.0. The van der Waals surface area contributed by atoms with Crippen molar-refractivity contribution in [2.45, 2.75) is 58.4 Å². The molecule has 1 aromatic carbocycles. The van der Waals surface area contributed by atoms with E-state index in [-0.39, 0.29) is 29.8 Å². The Bertz CT molecular complexity index is 578. The fraction of sp³-hybridized carbons (Fsp3) is 0.650. The molecular formula is C20H33ClN2O3. The molecule has 1 aromatic rings. The van der Waals surface area contributed by atoms with Gasteiger partial charge in [0.05, 0.1) is 19.1 Å². The standard InChI is InChI=1S/C20H32N2O3.ClH/c1-4-24-17-10-9-15(14-18(17)25-5-2)11-13-22-19(23)16-8-6-7-12-20(16,3)21;/h9-10,14,16H,4-8,11-13,21H2,1-3H3,(H,22,23);1H. The number of carbonyl (C=O) groups is 1. The maximum absolute atomic E-state index is 12.5. The van der Waals surface area contributed by atoms with Crippen LogP contribution < -0.4 is 20.5 Å². The van der Waals surface area contributed by atoms with Crippen molar-refractivity contribution in [3.05, 3.63) is 23.8 Å². The second-order valence-electron chi connectivity index (χ2n) is 6.99. The Labute approximate surface area is 163 Å². The molecule has 0 heterocycles. The minimum absolute atomic E-state index is 0. The Kier molecular flexibility index (Phi) is 9.23. The molecule has 1 aliphatic carbocycles. The molecule has 148 valence electrons. The molecule has 1 aliphatic rings. The largest absolute Gasteiger partial charge is 0.490 e. The quantitative estimate of drug-likeness (QED) is 0.719. The second kappa shape index (κ2) is 10.6. The first-order valence-electron chi connectivity index (χ1n) is 9.43. The Morgan fingerprint density at radius 2 is 1.92 bits per heavy atom. The number of hydrogen-bond donors (Lipinski definition) is 2. The van der Waals surface area contributed by atoms with Crippen LogP contribution >= 0.6 is 12.4 Å². The highest BCUT2D eigenvalue weighted by Gasteiger charge is 2.37. The summed E-state index contributed by atoms with van der Waals surface area (Å²) in [5, 5.41) is 3.06. The van der Waals surface area contributed by atoms with E-state index in [0.717, 1.165) is 49.2 Å². The van der Waals surface area contributed by atoms with Crippen LogP contribution in [0.5, 0.6) is 11.5 Å². The van der Waals surface area contributed by atoms with Gasteiger partial charge >= 0.3 is 0 Å². The molecule has 0 saturated heterocycles. The van der Waals surface area contributed by atoms with Gasteiger partial charge in [0.1, 0.15) is 0 Å². The lowest BCUT2D eigenvalue weighted by molar-refractivity contribution is -0.128. The molecule has 2 unspecified atom stereocenters. The van der Waals surface area contributed by atoms with Crippen molar-refractivity contribution in [1.29, 1.82) is 0 Å². The van der Waals surface area contributed by atoms with Crippen molar-refractivity contribution in [3.63, 3.8) is 0 Å². The average molecular weight is 385 g/mol. The van der Waals surface area contributed by atoms with Crippen LogP contribution in [0, 0.1) is 5.92 Å². The summed E-state index contributed by atoms with van der Waals surface area (Å²) in [6.45, 7) is 7.71. The first kappa shape index (κ1) is 22.6. The van der Waals surface area contributed by atoms with Crippen LogP contribution in [0.2, 0.25) is 0 Å². The van der Waals surface area contributed by atoms with Gasteiger partial charge < -0.3 is 20.5 Å². The van der Waals surface area contributed by atoms with Crippen LogP contribution in [0.15, 0.2) is 18.2 Å². The molecular weight excluding hydrogens is 352 g/mol. The number of nitrogens with two attached hydrogens (primary N) is 1. The molecule has 2 rings (SSSR count). The van der Waals surface area contributed by atoms with Crippen LogP contribution in [0.25, 0.3) is 0 Å². The average Bonchev–Trinajstić information content (AvgIpc) is 2.57. The first-order valence-corrected chi connectivity index (χ1v) is 9.43. The third-order valence-electron chi connectivity index (χ3n) is 4.89. The van der Waals surface area contributed by atoms with Crippen molar-refractivity contribution < 1.29 is 14.3 Å².